The van der Waals surface area contributed by atoms with E-state index < -0.39 is 0 Å². The van der Waals surface area contributed by atoms with Gasteiger partial charge < -0.3 is 10.6 Å². The molecule has 2 aromatic rings. The van der Waals surface area contributed by atoms with Crippen LogP contribution in [0.25, 0.3) is 0 Å². The van der Waals surface area contributed by atoms with Crippen molar-refractivity contribution in [3.8, 4) is 0 Å². The van der Waals surface area contributed by atoms with Crippen molar-refractivity contribution in [2.45, 2.75) is 26.8 Å². The molecule has 0 bridgehead atoms. The van der Waals surface area contributed by atoms with Crippen molar-refractivity contribution in [3.05, 3.63) is 59.7 Å². The molecular formula is C17H20N2O. The summed E-state index contributed by atoms with van der Waals surface area (Å²) in [4.78, 5) is 11.1. The molecule has 1 unspecified atom stereocenters. The number of carbonyl (C=O) groups is 1. The molecule has 0 aromatic heterocycles. The van der Waals surface area contributed by atoms with Gasteiger partial charge in [-0.2, -0.15) is 0 Å². The van der Waals surface area contributed by atoms with E-state index in [1.807, 2.05) is 24.3 Å². The van der Waals surface area contributed by atoms with E-state index in [9.17, 15) is 4.79 Å². The fourth-order valence-electron chi connectivity index (χ4n) is 2.08. The Balaban J connectivity index is 2.09. The van der Waals surface area contributed by atoms with Crippen LogP contribution in [0.5, 0.6) is 0 Å². The standard InChI is InChI=1S/C17H20N2O/c1-12-7-9-15(10-8-12)13(2)18-16-5-4-6-17(11-16)19-14(3)20/h4-11,13,18H,1-3H3,(H,19,20). The Bertz CT molecular complexity index is 590. The first-order valence-electron chi connectivity index (χ1n) is 6.75. The van der Waals surface area contributed by atoms with Gasteiger partial charge in [-0.3, -0.25) is 4.79 Å². The Labute approximate surface area is 120 Å². The minimum absolute atomic E-state index is 0.0614. The molecule has 1 atom stereocenters. The number of benzene rings is 2. The van der Waals surface area contributed by atoms with Crippen LogP contribution < -0.4 is 10.6 Å². The molecule has 2 aromatic carbocycles. The molecule has 0 aliphatic rings. The number of anilines is 2. The molecule has 0 aliphatic heterocycles. The molecular weight excluding hydrogens is 248 g/mol. The molecule has 3 heteroatoms. The second-order valence-electron chi connectivity index (χ2n) is 5.04. The van der Waals surface area contributed by atoms with E-state index in [-0.39, 0.29) is 11.9 Å². The molecule has 20 heavy (non-hydrogen) atoms. The average molecular weight is 268 g/mol. The van der Waals surface area contributed by atoms with Crippen LogP contribution in [0.1, 0.15) is 31.0 Å². The number of hydrogen-bond donors (Lipinski definition) is 2. The third kappa shape index (κ3) is 3.85. The minimum atomic E-state index is -0.0614. The van der Waals surface area contributed by atoms with Gasteiger partial charge >= 0.3 is 0 Å². The van der Waals surface area contributed by atoms with Crippen molar-refractivity contribution in [1.82, 2.24) is 0 Å². The lowest BCUT2D eigenvalue weighted by atomic mass is 10.1. The topological polar surface area (TPSA) is 41.1 Å². The first kappa shape index (κ1) is 14.1. The Morgan fingerprint density at radius 1 is 1.05 bits per heavy atom. The lowest BCUT2D eigenvalue weighted by Crippen LogP contribution is -2.08. The largest absolute Gasteiger partial charge is 0.378 e. The quantitative estimate of drug-likeness (QED) is 0.875. The number of hydrogen-bond acceptors (Lipinski definition) is 2. The van der Waals surface area contributed by atoms with Crippen LogP contribution in [0.15, 0.2) is 48.5 Å². The molecule has 0 saturated carbocycles. The highest BCUT2D eigenvalue weighted by molar-refractivity contribution is 5.89. The monoisotopic (exact) mass is 268 g/mol. The van der Waals surface area contributed by atoms with Crippen molar-refractivity contribution in [3.63, 3.8) is 0 Å². The zero-order valence-electron chi connectivity index (χ0n) is 12.1. The summed E-state index contributed by atoms with van der Waals surface area (Å²) in [6.07, 6.45) is 0. The summed E-state index contributed by atoms with van der Waals surface area (Å²) >= 11 is 0. The maximum atomic E-state index is 11.1. The smallest absolute Gasteiger partial charge is 0.221 e. The third-order valence-corrected chi connectivity index (χ3v) is 3.14. The molecule has 0 fully saturated rings. The van der Waals surface area contributed by atoms with E-state index in [0.717, 1.165) is 11.4 Å². The van der Waals surface area contributed by atoms with Crippen molar-refractivity contribution in [2.24, 2.45) is 0 Å². The lowest BCUT2D eigenvalue weighted by Gasteiger charge is -2.16. The molecule has 2 N–H and O–H groups in total. The van der Waals surface area contributed by atoms with Gasteiger partial charge in [-0.1, -0.05) is 35.9 Å². The van der Waals surface area contributed by atoms with E-state index in [1.54, 1.807) is 0 Å². The van der Waals surface area contributed by atoms with Crippen LogP contribution in [0.2, 0.25) is 0 Å². The Morgan fingerprint density at radius 3 is 2.35 bits per heavy atom. The van der Waals surface area contributed by atoms with E-state index in [0.29, 0.717) is 0 Å². The maximum Gasteiger partial charge on any atom is 0.221 e. The Kier molecular flexibility index (Phi) is 4.41. The van der Waals surface area contributed by atoms with Gasteiger partial charge in [0.2, 0.25) is 5.91 Å². The second kappa shape index (κ2) is 6.24. The zero-order valence-corrected chi connectivity index (χ0v) is 12.1. The summed E-state index contributed by atoms with van der Waals surface area (Å²) in [5.74, 6) is -0.0614. The highest BCUT2D eigenvalue weighted by Gasteiger charge is 2.05. The molecule has 0 spiro atoms. The summed E-state index contributed by atoms with van der Waals surface area (Å²) in [6, 6.07) is 16.4. The molecule has 0 saturated heterocycles. The zero-order chi connectivity index (χ0) is 14.5. The molecule has 1 amide bonds. The van der Waals surface area contributed by atoms with Crippen LogP contribution in [0.4, 0.5) is 11.4 Å². The SMILES string of the molecule is CC(=O)Nc1cccc(NC(C)c2ccc(C)cc2)c1. The van der Waals surface area contributed by atoms with Crippen LogP contribution in [0, 0.1) is 6.92 Å². The molecule has 0 aliphatic carbocycles. The van der Waals surface area contributed by atoms with Gasteiger partial charge in [-0.15, -0.1) is 0 Å². The average Bonchev–Trinajstić information content (AvgIpc) is 2.39. The first-order chi connectivity index (χ1) is 9.54. The fourth-order valence-corrected chi connectivity index (χ4v) is 2.08. The Morgan fingerprint density at radius 2 is 1.70 bits per heavy atom. The van der Waals surface area contributed by atoms with Gasteiger partial charge in [0.15, 0.2) is 0 Å². The molecule has 104 valence electrons. The van der Waals surface area contributed by atoms with Crippen molar-refractivity contribution < 1.29 is 4.79 Å². The summed E-state index contributed by atoms with van der Waals surface area (Å²) in [5.41, 5.74) is 4.29. The first-order valence-corrected chi connectivity index (χ1v) is 6.75. The number of rotatable bonds is 4. The predicted molar refractivity (Wildman–Crippen MR) is 84.0 cm³/mol. The van der Waals surface area contributed by atoms with Gasteiger partial charge in [0.1, 0.15) is 0 Å². The fraction of sp³-hybridized carbons (Fsp3) is 0.235. The molecule has 0 radical (unpaired) electrons. The van der Waals surface area contributed by atoms with Gasteiger partial charge in [-0.25, -0.2) is 0 Å². The highest BCUT2D eigenvalue weighted by atomic mass is 16.1. The van der Waals surface area contributed by atoms with Gasteiger partial charge in [-0.05, 0) is 37.6 Å². The number of carbonyl (C=O) groups excluding carboxylic acids is 1. The number of aryl methyl sites for hydroxylation is 1. The second-order valence-corrected chi connectivity index (χ2v) is 5.04. The third-order valence-electron chi connectivity index (χ3n) is 3.14. The lowest BCUT2D eigenvalue weighted by molar-refractivity contribution is -0.114. The summed E-state index contributed by atoms with van der Waals surface area (Å²) in [7, 11) is 0. The van der Waals surface area contributed by atoms with Crippen LogP contribution in [0.3, 0.4) is 0 Å². The summed E-state index contributed by atoms with van der Waals surface area (Å²) < 4.78 is 0. The van der Waals surface area contributed by atoms with Crippen molar-refractivity contribution in [2.75, 3.05) is 10.6 Å². The van der Waals surface area contributed by atoms with E-state index in [4.69, 9.17) is 0 Å². The molecule has 2 rings (SSSR count). The summed E-state index contributed by atoms with van der Waals surface area (Å²) in [5, 5.41) is 6.23. The Hall–Kier alpha value is -2.29. The molecule has 3 nitrogen and oxygen atoms in total. The normalized spacial score (nSPS) is 11.8. The number of amides is 1. The maximum absolute atomic E-state index is 11.1. The van der Waals surface area contributed by atoms with Crippen LogP contribution in [-0.4, -0.2) is 5.91 Å². The minimum Gasteiger partial charge on any atom is -0.378 e. The van der Waals surface area contributed by atoms with Gasteiger partial charge in [0.05, 0.1) is 0 Å². The van der Waals surface area contributed by atoms with Crippen molar-refractivity contribution >= 4 is 17.3 Å². The number of nitrogens with one attached hydrogen (secondary N) is 2. The molecule has 0 heterocycles. The van der Waals surface area contributed by atoms with Gasteiger partial charge in [0.25, 0.3) is 0 Å². The highest BCUT2D eigenvalue weighted by Crippen LogP contribution is 2.22. The van der Waals surface area contributed by atoms with E-state index in [1.165, 1.54) is 18.1 Å². The van der Waals surface area contributed by atoms with Gasteiger partial charge in [0, 0.05) is 24.3 Å². The van der Waals surface area contributed by atoms with E-state index >= 15 is 0 Å². The van der Waals surface area contributed by atoms with Crippen LogP contribution in [-0.2, 0) is 4.79 Å². The predicted octanol–water partition coefficient (Wildman–Crippen LogP) is 4.13. The van der Waals surface area contributed by atoms with Crippen LogP contribution >= 0.6 is 0 Å². The summed E-state index contributed by atoms with van der Waals surface area (Å²) in [6.45, 7) is 5.71. The van der Waals surface area contributed by atoms with Crippen molar-refractivity contribution in [1.29, 1.82) is 0 Å². The van der Waals surface area contributed by atoms with E-state index in [2.05, 4.69) is 48.7 Å².